The molecule has 0 aliphatic heterocycles. The molecule has 0 fully saturated rings. The Bertz CT molecular complexity index is 194. The molecule has 0 aromatic carbocycles. The maximum Gasteiger partial charge on any atom is 0.0375 e. The van der Waals surface area contributed by atoms with Crippen LogP contribution in [0.25, 0.3) is 0 Å². The van der Waals surface area contributed by atoms with Gasteiger partial charge in [-0.05, 0) is 38.0 Å². The van der Waals surface area contributed by atoms with Gasteiger partial charge in [0.15, 0.2) is 0 Å². The van der Waals surface area contributed by atoms with Crippen molar-refractivity contribution in [2.24, 2.45) is 0 Å². The smallest absolute Gasteiger partial charge is 0.0375 e. The van der Waals surface area contributed by atoms with Crippen molar-refractivity contribution in [3.05, 3.63) is 36.5 Å². The van der Waals surface area contributed by atoms with Gasteiger partial charge < -0.3 is 0 Å². The Morgan fingerprint density at radius 1 is 1.67 bits per heavy atom. The van der Waals surface area contributed by atoms with Crippen LogP contribution in [0.15, 0.2) is 18.3 Å². The Morgan fingerprint density at radius 2 is 2.44 bits per heavy atom. The molecule has 0 N–H and O–H groups in total. The summed E-state index contributed by atoms with van der Waals surface area (Å²) in [6.45, 7) is 7.35. The van der Waals surface area contributed by atoms with E-state index in [1.54, 1.807) is 6.20 Å². The minimum Gasteiger partial charge on any atom is -0.262 e. The second-order valence-corrected chi connectivity index (χ2v) is 2.01. The summed E-state index contributed by atoms with van der Waals surface area (Å²) in [6, 6.07) is 3.91. The minimum absolute atomic E-state index is 0.601. The van der Waals surface area contributed by atoms with Crippen molar-refractivity contribution in [1.82, 2.24) is 4.98 Å². The van der Waals surface area contributed by atoms with E-state index in [9.17, 15) is 0 Å². The molecule has 1 aromatic heterocycles. The fraction of sp³-hybridized carbons (Fsp3) is 0.250. The summed E-state index contributed by atoms with van der Waals surface area (Å²) in [7, 11) is 0. The van der Waals surface area contributed by atoms with Gasteiger partial charge in [-0.15, -0.1) is 0 Å². The predicted molar refractivity (Wildman–Crippen MR) is 37.0 cm³/mol. The van der Waals surface area contributed by atoms with E-state index in [1.807, 2.05) is 19.1 Å². The van der Waals surface area contributed by atoms with Crippen LogP contribution in [-0.4, -0.2) is 4.98 Å². The molecule has 1 heteroatoms. The van der Waals surface area contributed by atoms with Crippen LogP contribution in [-0.2, 0) is 6.42 Å². The van der Waals surface area contributed by atoms with E-state index in [0.29, 0.717) is 6.42 Å². The zero-order chi connectivity index (χ0) is 6.69. The molecular formula is C8H9N. The van der Waals surface area contributed by atoms with Gasteiger partial charge in [0.1, 0.15) is 0 Å². The summed E-state index contributed by atoms with van der Waals surface area (Å²) in [5.41, 5.74) is 2.17. The normalized spacial score (nSPS) is 9.56. The van der Waals surface area contributed by atoms with Crippen molar-refractivity contribution in [3.8, 4) is 0 Å². The summed E-state index contributed by atoms with van der Waals surface area (Å²) < 4.78 is 0. The molecule has 0 saturated carbocycles. The third kappa shape index (κ3) is 1.53. The first-order chi connectivity index (χ1) is 4.33. The fourth-order valence-electron chi connectivity index (χ4n) is 0.731. The number of nitrogens with zero attached hydrogens (tertiary/aromatic N) is 1. The first kappa shape index (κ1) is 6.27. The Labute approximate surface area is 55.7 Å². The van der Waals surface area contributed by atoms with Crippen LogP contribution >= 0.6 is 0 Å². The average molecular weight is 119 g/mol. The van der Waals surface area contributed by atoms with Gasteiger partial charge in [0.05, 0.1) is 0 Å². The molecule has 0 aliphatic carbocycles. The van der Waals surface area contributed by atoms with Gasteiger partial charge in [-0.2, -0.15) is 0 Å². The lowest BCUT2D eigenvalue weighted by Crippen LogP contribution is -1.83. The largest absolute Gasteiger partial charge is 0.262 e. The van der Waals surface area contributed by atoms with Gasteiger partial charge in [-0.1, -0.05) is 0 Å². The zero-order valence-electron chi connectivity index (χ0n) is 5.46. The lowest BCUT2D eigenvalue weighted by Gasteiger charge is -1.94. The first-order valence-corrected chi connectivity index (χ1v) is 2.94. The van der Waals surface area contributed by atoms with Gasteiger partial charge in [0.2, 0.25) is 0 Å². The standard InChI is InChI=1S/C8H9N/c1-3-8-4-5-9-7(2)6-8/h1,4-6H,3H2,2H3. The number of aromatic nitrogens is 1. The van der Waals surface area contributed by atoms with E-state index in [1.165, 1.54) is 0 Å². The molecule has 0 atom stereocenters. The van der Waals surface area contributed by atoms with Crippen molar-refractivity contribution in [2.75, 3.05) is 0 Å². The van der Waals surface area contributed by atoms with Crippen molar-refractivity contribution < 1.29 is 0 Å². The van der Waals surface area contributed by atoms with Crippen LogP contribution < -0.4 is 0 Å². The second-order valence-electron chi connectivity index (χ2n) is 2.01. The minimum atomic E-state index is 0.601. The quantitative estimate of drug-likeness (QED) is 0.547. The molecule has 0 saturated heterocycles. The molecule has 0 aliphatic rings. The third-order valence-corrected chi connectivity index (χ3v) is 1.20. The number of pyridine rings is 1. The highest BCUT2D eigenvalue weighted by molar-refractivity contribution is 5.15. The van der Waals surface area contributed by atoms with E-state index in [0.717, 1.165) is 11.3 Å². The van der Waals surface area contributed by atoms with Crippen molar-refractivity contribution in [2.45, 2.75) is 13.3 Å². The second kappa shape index (κ2) is 2.62. The van der Waals surface area contributed by atoms with Crippen LogP contribution in [0, 0.1) is 13.8 Å². The van der Waals surface area contributed by atoms with Crippen LogP contribution in [0.1, 0.15) is 11.3 Å². The SMILES string of the molecule is [CH]Cc1ccnc(C)c1. The van der Waals surface area contributed by atoms with Crippen LogP contribution in [0.2, 0.25) is 0 Å². The Kier molecular flexibility index (Phi) is 1.83. The summed E-state index contributed by atoms with van der Waals surface area (Å²) in [5.74, 6) is 0. The lowest BCUT2D eigenvalue weighted by molar-refractivity contribution is 1.14. The first-order valence-electron chi connectivity index (χ1n) is 2.94. The molecule has 2 radical (unpaired) electrons. The van der Waals surface area contributed by atoms with Crippen LogP contribution in [0.3, 0.4) is 0 Å². The number of hydrogen-bond donors (Lipinski definition) is 0. The zero-order valence-corrected chi connectivity index (χ0v) is 5.46. The maximum absolute atomic E-state index is 5.39. The molecule has 1 heterocycles. The molecule has 46 valence electrons. The molecule has 0 spiro atoms. The highest BCUT2D eigenvalue weighted by atomic mass is 14.6. The molecule has 0 amide bonds. The van der Waals surface area contributed by atoms with Gasteiger partial charge >= 0.3 is 0 Å². The van der Waals surface area contributed by atoms with E-state index in [2.05, 4.69) is 4.98 Å². The monoisotopic (exact) mass is 119 g/mol. The predicted octanol–water partition coefficient (Wildman–Crippen LogP) is 1.64. The van der Waals surface area contributed by atoms with E-state index >= 15 is 0 Å². The highest BCUT2D eigenvalue weighted by Crippen LogP contribution is 1.99. The third-order valence-electron chi connectivity index (χ3n) is 1.20. The van der Waals surface area contributed by atoms with E-state index < -0.39 is 0 Å². The van der Waals surface area contributed by atoms with Crippen LogP contribution in [0.5, 0.6) is 0 Å². The number of hydrogen-bond acceptors (Lipinski definition) is 1. The highest BCUT2D eigenvalue weighted by Gasteiger charge is 1.87. The molecular weight excluding hydrogens is 110 g/mol. The molecule has 9 heavy (non-hydrogen) atoms. The Hall–Kier alpha value is -0.850. The summed E-state index contributed by atoms with van der Waals surface area (Å²) >= 11 is 0. The Morgan fingerprint density at radius 3 is 2.89 bits per heavy atom. The summed E-state index contributed by atoms with van der Waals surface area (Å²) in [6.07, 6.45) is 2.38. The Balaban J connectivity index is 2.94. The number of aryl methyl sites for hydroxylation is 1. The van der Waals surface area contributed by atoms with Gasteiger partial charge in [-0.3, -0.25) is 4.98 Å². The van der Waals surface area contributed by atoms with Gasteiger partial charge in [-0.25, -0.2) is 0 Å². The summed E-state index contributed by atoms with van der Waals surface area (Å²) in [5, 5.41) is 0. The maximum atomic E-state index is 5.39. The number of rotatable bonds is 1. The molecule has 0 unspecified atom stereocenters. The molecule has 1 nitrogen and oxygen atoms in total. The van der Waals surface area contributed by atoms with E-state index in [4.69, 9.17) is 6.92 Å². The van der Waals surface area contributed by atoms with Gasteiger partial charge in [0.25, 0.3) is 0 Å². The van der Waals surface area contributed by atoms with Gasteiger partial charge in [0, 0.05) is 11.9 Å². The topological polar surface area (TPSA) is 12.9 Å². The van der Waals surface area contributed by atoms with Crippen LogP contribution in [0.4, 0.5) is 0 Å². The fourth-order valence-corrected chi connectivity index (χ4v) is 0.731. The van der Waals surface area contributed by atoms with Crippen molar-refractivity contribution in [3.63, 3.8) is 0 Å². The summed E-state index contributed by atoms with van der Waals surface area (Å²) in [4.78, 5) is 4.03. The average Bonchev–Trinajstić information content (AvgIpc) is 1.88. The molecule has 1 aromatic rings. The van der Waals surface area contributed by atoms with Crippen molar-refractivity contribution in [1.29, 1.82) is 0 Å². The molecule has 0 bridgehead atoms. The van der Waals surface area contributed by atoms with E-state index in [-0.39, 0.29) is 0 Å². The lowest BCUT2D eigenvalue weighted by atomic mass is 10.2. The molecule has 1 rings (SSSR count). The van der Waals surface area contributed by atoms with Crippen molar-refractivity contribution >= 4 is 0 Å².